The number of benzene rings is 1. The van der Waals surface area contributed by atoms with Crippen molar-refractivity contribution >= 4 is 36.1 Å². The maximum Gasteiger partial charge on any atom is 0.323 e. The van der Waals surface area contributed by atoms with Crippen LogP contribution in [0.5, 0.6) is 5.75 Å². The predicted octanol–water partition coefficient (Wildman–Crippen LogP) is 2.41. The van der Waals surface area contributed by atoms with Crippen molar-refractivity contribution in [3.63, 3.8) is 0 Å². The molecule has 0 radical (unpaired) electrons. The minimum absolute atomic E-state index is 0.111. The highest BCUT2D eigenvalue weighted by molar-refractivity contribution is 8.09. The molecule has 3 N–H and O–H groups in total. The Kier molecular flexibility index (Phi) is 10.4. The molecule has 216 valence electrons. The van der Waals surface area contributed by atoms with E-state index < -0.39 is 48.6 Å². The van der Waals surface area contributed by atoms with Crippen molar-refractivity contribution < 1.29 is 43.1 Å². The largest absolute Gasteiger partial charge is 0.462 e. The van der Waals surface area contributed by atoms with Gasteiger partial charge < -0.3 is 28.7 Å². The van der Waals surface area contributed by atoms with E-state index in [0.717, 1.165) is 4.90 Å². The van der Waals surface area contributed by atoms with Crippen LogP contribution in [0.2, 0.25) is 0 Å². The number of rotatable bonds is 12. The lowest BCUT2D eigenvalue weighted by Crippen LogP contribution is -2.54. The summed E-state index contributed by atoms with van der Waals surface area (Å²) in [5.41, 5.74) is -1.88. The van der Waals surface area contributed by atoms with Crippen LogP contribution < -0.4 is 9.61 Å². The summed E-state index contributed by atoms with van der Waals surface area (Å²) in [7, 11) is 0. The van der Waals surface area contributed by atoms with E-state index in [0.29, 0.717) is 12.2 Å². The molecule has 0 saturated carbocycles. The highest BCUT2D eigenvalue weighted by Gasteiger charge is 2.56. The van der Waals surface area contributed by atoms with E-state index in [-0.39, 0.29) is 30.8 Å². The molecule has 13 heteroatoms. The molecule has 0 spiro atoms. The van der Waals surface area contributed by atoms with Gasteiger partial charge in [-0.05, 0) is 63.1 Å². The third kappa shape index (κ3) is 8.17. The summed E-state index contributed by atoms with van der Waals surface area (Å²) in [6.45, 7) is 4.92. The number of hydrogen-bond acceptors (Lipinski definition) is 10. The standard InChI is InChI=1S/C26H37N2O9PS/c1-16(2)13-20(24(32)35-17(3)4)27-38(39,37-19-9-7-6-8-10-19)34-15-21-23(31)26(5,33)25(36-21)28-12-11-18(29)14-22(28)30/h6-12,16-17,20-21,23,25,31,33H,13-15H2,1-5H3,(H,27,39)/t20-,21+,23+,25+,26+,38?/m0/s1. The molecule has 0 aliphatic carbocycles. The van der Waals surface area contributed by atoms with Gasteiger partial charge in [-0.15, -0.1) is 0 Å². The third-order valence-corrected chi connectivity index (χ3v) is 8.50. The van der Waals surface area contributed by atoms with Gasteiger partial charge in [0.05, 0.1) is 19.1 Å². The zero-order valence-electron chi connectivity index (χ0n) is 22.7. The normalized spacial score (nSPS) is 27.6. The molecule has 6 atom stereocenters. The van der Waals surface area contributed by atoms with Gasteiger partial charge in [-0.3, -0.25) is 19.3 Å². The summed E-state index contributed by atoms with van der Waals surface area (Å²) in [5, 5.41) is 25.0. The zero-order valence-corrected chi connectivity index (χ0v) is 24.4. The Hall–Kier alpha value is -2.18. The number of hydrogen-bond donors (Lipinski definition) is 3. The number of allylic oxidation sites excluding steroid dienone is 1. The van der Waals surface area contributed by atoms with Gasteiger partial charge in [-0.1, -0.05) is 32.0 Å². The monoisotopic (exact) mass is 584 g/mol. The molecular formula is C26H37N2O9PS. The SMILES string of the molecule is CC(C)C[C@H](NP(=S)(OC[C@H]1O[C@@H](N2C=CC(=O)CC2=O)[C@](C)(O)[C@@H]1O)Oc1ccccc1)C(=O)OC(C)C. The van der Waals surface area contributed by atoms with Gasteiger partial charge in [0.1, 0.15) is 29.6 Å². The van der Waals surface area contributed by atoms with Crippen molar-refractivity contribution in [2.45, 2.75) is 83.6 Å². The molecule has 2 heterocycles. The Morgan fingerprint density at radius 1 is 1.26 bits per heavy atom. The third-order valence-electron chi connectivity index (χ3n) is 6.08. The van der Waals surface area contributed by atoms with Crippen LogP contribution in [0.4, 0.5) is 0 Å². The minimum Gasteiger partial charge on any atom is -0.462 e. The van der Waals surface area contributed by atoms with Gasteiger partial charge in [0.2, 0.25) is 5.91 Å². The van der Waals surface area contributed by atoms with Crippen molar-refractivity contribution in [3.8, 4) is 5.75 Å². The molecule has 3 rings (SSSR count). The lowest BCUT2D eigenvalue weighted by molar-refractivity contribution is -0.158. The molecule has 1 unspecified atom stereocenters. The fourth-order valence-electron chi connectivity index (χ4n) is 4.19. The number of nitrogens with one attached hydrogen (secondary N) is 1. The first-order chi connectivity index (χ1) is 18.2. The van der Waals surface area contributed by atoms with Crippen LogP contribution in [0.1, 0.15) is 47.5 Å². The van der Waals surface area contributed by atoms with E-state index in [9.17, 15) is 24.6 Å². The molecule has 1 fully saturated rings. The second-order valence-corrected chi connectivity index (χ2v) is 13.6. The molecular weight excluding hydrogens is 547 g/mol. The lowest BCUT2D eigenvalue weighted by Gasteiger charge is -2.34. The second kappa shape index (κ2) is 13.0. The molecule has 2 aliphatic rings. The quantitative estimate of drug-likeness (QED) is 0.189. The average Bonchev–Trinajstić information content (AvgIpc) is 3.06. The van der Waals surface area contributed by atoms with Gasteiger partial charge >= 0.3 is 12.6 Å². The van der Waals surface area contributed by atoms with E-state index in [1.54, 1.807) is 44.2 Å². The summed E-state index contributed by atoms with van der Waals surface area (Å²) < 4.78 is 23.4. The number of para-hydroxylation sites is 1. The molecule has 1 aromatic carbocycles. The van der Waals surface area contributed by atoms with Gasteiger partial charge in [0.15, 0.2) is 12.0 Å². The smallest absolute Gasteiger partial charge is 0.323 e. The number of ether oxygens (including phenoxy) is 2. The van der Waals surface area contributed by atoms with Crippen LogP contribution in [0.3, 0.4) is 0 Å². The van der Waals surface area contributed by atoms with Gasteiger partial charge in [-0.2, -0.15) is 0 Å². The molecule has 11 nitrogen and oxygen atoms in total. The van der Waals surface area contributed by atoms with E-state index >= 15 is 0 Å². The minimum atomic E-state index is -3.47. The van der Waals surface area contributed by atoms with Crippen LogP contribution in [-0.4, -0.2) is 75.6 Å². The van der Waals surface area contributed by atoms with Gasteiger partial charge in [-0.25, -0.2) is 5.09 Å². The molecule has 1 saturated heterocycles. The number of carbonyl (C=O) groups is 3. The van der Waals surface area contributed by atoms with Crippen LogP contribution >= 0.6 is 6.64 Å². The van der Waals surface area contributed by atoms with Crippen LogP contribution in [0, 0.1) is 5.92 Å². The molecule has 2 aliphatic heterocycles. The van der Waals surface area contributed by atoms with Crippen molar-refractivity contribution in [2.24, 2.45) is 5.92 Å². The Labute approximate surface area is 233 Å². The maximum atomic E-state index is 12.9. The Morgan fingerprint density at radius 3 is 2.51 bits per heavy atom. The summed E-state index contributed by atoms with van der Waals surface area (Å²) in [4.78, 5) is 38.0. The topological polar surface area (TPSA) is 144 Å². The number of nitrogens with zero attached hydrogens (tertiary/aromatic N) is 1. The van der Waals surface area contributed by atoms with E-state index in [4.69, 9.17) is 30.3 Å². The first-order valence-corrected chi connectivity index (χ1v) is 15.4. The molecule has 39 heavy (non-hydrogen) atoms. The molecule has 0 bridgehead atoms. The summed E-state index contributed by atoms with van der Waals surface area (Å²) in [5.74, 6) is -0.925. The summed E-state index contributed by atoms with van der Waals surface area (Å²) in [6, 6.07) is 7.86. The molecule has 0 aromatic heterocycles. The van der Waals surface area contributed by atoms with Gasteiger partial charge in [0.25, 0.3) is 0 Å². The predicted molar refractivity (Wildman–Crippen MR) is 146 cm³/mol. The van der Waals surface area contributed by atoms with Crippen molar-refractivity contribution in [1.29, 1.82) is 0 Å². The van der Waals surface area contributed by atoms with Crippen LogP contribution in [0.15, 0.2) is 42.6 Å². The number of ketones is 1. The maximum absolute atomic E-state index is 12.9. The van der Waals surface area contributed by atoms with Gasteiger partial charge in [0, 0.05) is 6.20 Å². The van der Waals surface area contributed by atoms with Crippen molar-refractivity contribution in [2.75, 3.05) is 6.61 Å². The van der Waals surface area contributed by atoms with Crippen LogP contribution in [-0.2, 0) is 40.2 Å². The van der Waals surface area contributed by atoms with E-state index in [1.165, 1.54) is 19.2 Å². The van der Waals surface area contributed by atoms with Crippen LogP contribution in [0.25, 0.3) is 0 Å². The number of aliphatic hydroxyl groups is 2. The fourth-order valence-corrected chi connectivity index (χ4v) is 6.53. The van der Waals surface area contributed by atoms with E-state index in [1.807, 2.05) is 13.8 Å². The molecule has 1 amide bonds. The first kappa shape index (κ1) is 31.3. The number of esters is 1. The first-order valence-electron chi connectivity index (χ1n) is 12.8. The Bertz CT molecular complexity index is 1110. The van der Waals surface area contributed by atoms with Crippen molar-refractivity contribution in [1.82, 2.24) is 9.99 Å². The Balaban J connectivity index is 1.82. The lowest BCUT2D eigenvalue weighted by atomic mass is 9.95. The van der Waals surface area contributed by atoms with E-state index in [2.05, 4.69) is 5.09 Å². The highest BCUT2D eigenvalue weighted by atomic mass is 32.5. The second-order valence-electron chi connectivity index (χ2n) is 10.5. The fraction of sp³-hybridized carbons (Fsp3) is 0.577. The highest BCUT2D eigenvalue weighted by Crippen LogP contribution is 2.47. The molecule has 1 aromatic rings. The zero-order chi connectivity index (χ0) is 29.0. The van der Waals surface area contributed by atoms with Crippen molar-refractivity contribution in [3.05, 3.63) is 42.6 Å². The Morgan fingerprint density at radius 2 is 1.92 bits per heavy atom. The number of amides is 1. The summed E-state index contributed by atoms with van der Waals surface area (Å²) >= 11 is 5.80. The number of aliphatic hydroxyl groups excluding tert-OH is 1. The average molecular weight is 585 g/mol. The number of carbonyl (C=O) groups excluding carboxylic acids is 3. The summed E-state index contributed by atoms with van der Waals surface area (Å²) in [6.07, 6.45) is -1.74.